The Bertz CT molecular complexity index is 547. The number of methoxy groups -OCH3 is 3. The fraction of sp³-hybridized carbons (Fsp3) is 0.500. The maximum Gasteiger partial charge on any atom is 0.305 e. The fourth-order valence-corrected chi connectivity index (χ4v) is 2.15. The largest absolute Gasteiger partial charge is 0.493 e. The minimum Gasteiger partial charge on any atom is -0.493 e. The summed E-state index contributed by atoms with van der Waals surface area (Å²) in [5.41, 5.74) is 0.672. The normalized spacial score (nSPS) is 11.5. The second-order valence-electron chi connectivity index (χ2n) is 4.89. The van der Waals surface area contributed by atoms with Gasteiger partial charge in [0.15, 0.2) is 11.5 Å². The van der Waals surface area contributed by atoms with E-state index in [0.29, 0.717) is 23.6 Å². The molecule has 0 aliphatic rings. The van der Waals surface area contributed by atoms with Crippen molar-refractivity contribution in [3.63, 3.8) is 0 Å². The summed E-state index contributed by atoms with van der Waals surface area (Å²) < 4.78 is 15.0. The van der Waals surface area contributed by atoms with Gasteiger partial charge < -0.3 is 24.4 Å². The van der Waals surface area contributed by atoms with Crippen molar-refractivity contribution in [3.8, 4) is 11.5 Å². The zero-order chi connectivity index (χ0) is 17.4. The molecule has 0 radical (unpaired) electrons. The van der Waals surface area contributed by atoms with Gasteiger partial charge in [-0.15, -0.1) is 0 Å². The van der Waals surface area contributed by atoms with Crippen molar-refractivity contribution in [3.05, 3.63) is 18.2 Å². The molecule has 0 spiro atoms. The van der Waals surface area contributed by atoms with Crippen LogP contribution in [0.1, 0.15) is 12.8 Å². The first kappa shape index (κ1) is 18.8. The van der Waals surface area contributed by atoms with Crippen LogP contribution in [-0.2, 0) is 14.3 Å². The number of hydrogen-bond donors (Lipinski definition) is 1. The molecule has 1 N–H and O–H groups in total. The van der Waals surface area contributed by atoms with Crippen molar-refractivity contribution in [1.29, 1.82) is 0 Å². The molecule has 23 heavy (non-hydrogen) atoms. The number of rotatable bonds is 8. The molecule has 1 aromatic rings. The smallest absolute Gasteiger partial charge is 0.305 e. The van der Waals surface area contributed by atoms with Crippen LogP contribution in [0.15, 0.2) is 18.2 Å². The van der Waals surface area contributed by atoms with Gasteiger partial charge in [0.25, 0.3) is 0 Å². The average Bonchev–Trinajstić information content (AvgIpc) is 2.60. The molecule has 128 valence electrons. The van der Waals surface area contributed by atoms with Crippen LogP contribution in [0.3, 0.4) is 0 Å². The minimum atomic E-state index is -0.479. The van der Waals surface area contributed by atoms with Crippen molar-refractivity contribution in [2.24, 2.45) is 0 Å². The van der Waals surface area contributed by atoms with Gasteiger partial charge in [0.05, 0.1) is 27.4 Å². The quantitative estimate of drug-likeness (QED) is 0.724. The second kappa shape index (κ2) is 8.99. The van der Waals surface area contributed by atoms with E-state index in [0.717, 1.165) is 0 Å². The molecule has 0 saturated heterocycles. The summed E-state index contributed by atoms with van der Waals surface area (Å²) in [6.07, 6.45) is 0.535. The third kappa shape index (κ3) is 4.85. The first-order valence-corrected chi connectivity index (χ1v) is 7.22. The van der Waals surface area contributed by atoms with E-state index in [-0.39, 0.29) is 18.3 Å². The molecule has 0 aliphatic heterocycles. The van der Waals surface area contributed by atoms with Crippen LogP contribution >= 0.6 is 0 Å². The lowest BCUT2D eigenvalue weighted by Gasteiger charge is -2.24. The molecule has 7 nitrogen and oxygen atoms in total. The molecule has 7 heteroatoms. The monoisotopic (exact) mass is 324 g/mol. The number of carbonyl (C=O) groups is 2. The van der Waals surface area contributed by atoms with E-state index in [1.807, 2.05) is 0 Å². The molecule has 1 atom stereocenters. The highest BCUT2D eigenvalue weighted by Gasteiger charge is 2.23. The summed E-state index contributed by atoms with van der Waals surface area (Å²) >= 11 is 0. The SMILES string of the molecule is CNC(CCC(=O)OC)C(=O)N(C)c1ccc(OC)c(OC)c1. The highest BCUT2D eigenvalue weighted by molar-refractivity contribution is 5.97. The molecule has 0 heterocycles. The van der Waals surface area contributed by atoms with Crippen LogP contribution in [0.2, 0.25) is 0 Å². The molecule has 1 amide bonds. The number of carbonyl (C=O) groups excluding carboxylic acids is 2. The number of nitrogens with zero attached hydrogens (tertiary/aromatic N) is 1. The third-order valence-electron chi connectivity index (χ3n) is 3.60. The Hall–Kier alpha value is -2.28. The van der Waals surface area contributed by atoms with Crippen molar-refractivity contribution in [2.45, 2.75) is 18.9 Å². The molecule has 0 aliphatic carbocycles. The molecule has 0 fully saturated rings. The van der Waals surface area contributed by atoms with Gasteiger partial charge in [-0.25, -0.2) is 0 Å². The van der Waals surface area contributed by atoms with Gasteiger partial charge in [-0.2, -0.15) is 0 Å². The van der Waals surface area contributed by atoms with Crippen molar-refractivity contribution >= 4 is 17.6 Å². The molecule has 1 unspecified atom stereocenters. The average molecular weight is 324 g/mol. The Morgan fingerprint density at radius 3 is 2.35 bits per heavy atom. The predicted octanol–water partition coefficient (Wildman–Crippen LogP) is 1.21. The van der Waals surface area contributed by atoms with Crippen molar-refractivity contribution in [1.82, 2.24) is 5.32 Å². The number of hydrogen-bond acceptors (Lipinski definition) is 6. The van der Waals surface area contributed by atoms with E-state index < -0.39 is 6.04 Å². The number of ether oxygens (including phenoxy) is 3. The topological polar surface area (TPSA) is 77.1 Å². The van der Waals surface area contributed by atoms with Crippen LogP contribution in [0.25, 0.3) is 0 Å². The van der Waals surface area contributed by atoms with E-state index >= 15 is 0 Å². The third-order valence-corrected chi connectivity index (χ3v) is 3.60. The first-order valence-electron chi connectivity index (χ1n) is 7.22. The van der Waals surface area contributed by atoms with Gasteiger partial charge in [-0.3, -0.25) is 9.59 Å². The van der Waals surface area contributed by atoms with Crippen LogP contribution in [0.5, 0.6) is 11.5 Å². The molecular weight excluding hydrogens is 300 g/mol. The lowest BCUT2D eigenvalue weighted by atomic mass is 10.1. The first-order chi connectivity index (χ1) is 11.0. The van der Waals surface area contributed by atoms with Crippen LogP contribution in [0, 0.1) is 0 Å². The molecular formula is C16H24N2O5. The van der Waals surface area contributed by atoms with E-state index in [1.54, 1.807) is 39.4 Å². The van der Waals surface area contributed by atoms with E-state index in [1.165, 1.54) is 19.1 Å². The zero-order valence-electron chi connectivity index (χ0n) is 14.2. The number of nitrogens with one attached hydrogen (secondary N) is 1. The highest BCUT2D eigenvalue weighted by atomic mass is 16.5. The molecule has 1 rings (SSSR count). The molecule has 0 saturated carbocycles. The Kier molecular flexibility index (Phi) is 7.34. The van der Waals surface area contributed by atoms with E-state index in [2.05, 4.69) is 10.1 Å². The Morgan fingerprint density at radius 2 is 1.83 bits per heavy atom. The Balaban J connectivity index is 2.87. The summed E-state index contributed by atoms with van der Waals surface area (Å²) in [7, 11) is 7.77. The number of likely N-dealkylation sites (N-methyl/N-ethyl adjacent to an activating group) is 2. The standard InChI is InChI=1S/C16H24N2O5/c1-17-12(7-9-15(19)23-5)16(20)18(2)11-6-8-13(21-3)14(10-11)22-4/h6,8,10,12,17H,7,9H2,1-5H3. The fourth-order valence-electron chi connectivity index (χ4n) is 2.15. The van der Waals surface area contributed by atoms with E-state index in [9.17, 15) is 9.59 Å². The van der Waals surface area contributed by atoms with Crippen LogP contribution in [-0.4, -0.2) is 53.3 Å². The second-order valence-corrected chi connectivity index (χ2v) is 4.89. The maximum absolute atomic E-state index is 12.6. The van der Waals surface area contributed by atoms with Gasteiger partial charge >= 0.3 is 5.97 Å². The maximum atomic E-state index is 12.6. The van der Waals surface area contributed by atoms with E-state index in [4.69, 9.17) is 9.47 Å². The zero-order valence-corrected chi connectivity index (χ0v) is 14.2. The number of benzene rings is 1. The number of amides is 1. The highest BCUT2D eigenvalue weighted by Crippen LogP contribution is 2.31. The summed E-state index contributed by atoms with van der Waals surface area (Å²) in [5.74, 6) is 0.642. The van der Waals surface area contributed by atoms with Gasteiger partial charge in [-0.1, -0.05) is 0 Å². The lowest BCUT2D eigenvalue weighted by molar-refractivity contribution is -0.140. The van der Waals surface area contributed by atoms with Crippen LogP contribution < -0.4 is 19.7 Å². The molecule has 0 aromatic heterocycles. The summed E-state index contributed by atoms with van der Waals surface area (Å²) in [6, 6.07) is 4.75. The summed E-state index contributed by atoms with van der Waals surface area (Å²) in [4.78, 5) is 25.3. The van der Waals surface area contributed by atoms with Crippen molar-refractivity contribution < 1.29 is 23.8 Å². The predicted molar refractivity (Wildman–Crippen MR) is 87.1 cm³/mol. The Labute approximate surface area is 136 Å². The molecule has 0 bridgehead atoms. The van der Waals surface area contributed by atoms with Crippen LogP contribution in [0.4, 0.5) is 5.69 Å². The summed E-state index contributed by atoms with van der Waals surface area (Å²) in [5, 5.41) is 2.93. The van der Waals surface area contributed by atoms with Gasteiger partial charge in [0, 0.05) is 25.2 Å². The van der Waals surface area contributed by atoms with Gasteiger partial charge in [0.1, 0.15) is 0 Å². The molecule has 1 aromatic carbocycles. The minimum absolute atomic E-state index is 0.149. The summed E-state index contributed by atoms with van der Waals surface area (Å²) in [6.45, 7) is 0. The van der Waals surface area contributed by atoms with Gasteiger partial charge in [0.2, 0.25) is 5.91 Å². The van der Waals surface area contributed by atoms with Crippen molar-refractivity contribution in [2.75, 3.05) is 40.3 Å². The lowest BCUT2D eigenvalue weighted by Crippen LogP contribution is -2.44. The van der Waals surface area contributed by atoms with Gasteiger partial charge in [-0.05, 0) is 25.6 Å². The number of anilines is 1. The Morgan fingerprint density at radius 1 is 1.17 bits per heavy atom. The number of esters is 1.